The molecule has 2 aliphatic heterocycles. The van der Waals surface area contributed by atoms with Crippen LogP contribution in [0.2, 0.25) is 0 Å². The highest BCUT2D eigenvalue weighted by Gasteiger charge is 2.23. The topological polar surface area (TPSA) is 43.5 Å². The van der Waals surface area contributed by atoms with Crippen LogP contribution < -0.4 is 9.47 Å². The number of ether oxygens (including phenoxy) is 4. The third-order valence-electron chi connectivity index (χ3n) is 3.72. The maximum Gasteiger partial charge on any atom is 0.119 e. The molecule has 0 spiro atoms. The summed E-state index contributed by atoms with van der Waals surface area (Å²) in [5.41, 5.74) is 2.32. The highest BCUT2D eigenvalue weighted by Crippen LogP contribution is 2.25. The minimum Gasteiger partial charge on any atom is -0.491 e. The Balaban J connectivity index is 1.37. The lowest BCUT2D eigenvalue weighted by molar-refractivity contribution is 0.263. The fourth-order valence-electron chi connectivity index (χ4n) is 2.19. The number of benzene rings is 2. The van der Waals surface area contributed by atoms with Gasteiger partial charge in [-0.15, -0.1) is 0 Å². The number of rotatable bonds is 7. The summed E-state index contributed by atoms with van der Waals surface area (Å²) in [6, 6.07) is 16.2. The van der Waals surface area contributed by atoms with Crippen molar-refractivity contribution >= 4 is 0 Å². The Morgan fingerprint density at radius 2 is 1.05 bits per heavy atom. The molecule has 2 fully saturated rings. The average molecular weight is 298 g/mol. The van der Waals surface area contributed by atoms with Crippen LogP contribution in [0.4, 0.5) is 0 Å². The molecule has 0 aliphatic carbocycles. The smallest absolute Gasteiger partial charge is 0.119 e. The van der Waals surface area contributed by atoms with Crippen molar-refractivity contribution in [3.05, 3.63) is 48.5 Å². The van der Waals surface area contributed by atoms with E-state index in [0.717, 1.165) is 35.8 Å². The van der Waals surface area contributed by atoms with Crippen LogP contribution in [-0.2, 0) is 9.47 Å². The molecular formula is C18H18O4. The lowest BCUT2D eigenvalue weighted by atomic mass is 10.1. The van der Waals surface area contributed by atoms with Crippen molar-refractivity contribution < 1.29 is 18.9 Å². The lowest BCUT2D eigenvalue weighted by Crippen LogP contribution is -2.03. The van der Waals surface area contributed by atoms with Gasteiger partial charge in [0.2, 0.25) is 0 Å². The van der Waals surface area contributed by atoms with E-state index in [1.165, 1.54) is 0 Å². The van der Waals surface area contributed by atoms with E-state index in [1.54, 1.807) is 0 Å². The highest BCUT2D eigenvalue weighted by atomic mass is 16.6. The quantitative estimate of drug-likeness (QED) is 0.737. The van der Waals surface area contributed by atoms with Gasteiger partial charge in [0.1, 0.15) is 36.9 Å². The zero-order valence-electron chi connectivity index (χ0n) is 12.2. The van der Waals surface area contributed by atoms with E-state index in [4.69, 9.17) is 18.9 Å². The Bertz CT molecular complexity index is 555. The molecule has 114 valence electrons. The van der Waals surface area contributed by atoms with Crippen LogP contribution in [0.15, 0.2) is 48.5 Å². The van der Waals surface area contributed by atoms with Crippen molar-refractivity contribution in [2.24, 2.45) is 0 Å². The Morgan fingerprint density at radius 1 is 0.682 bits per heavy atom. The van der Waals surface area contributed by atoms with Crippen molar-refractivity contribution in [3.63, 3.8) is 0 Å². The van der Waals surface area contributed by atoms with Gasteiger partial charge in [-0.1, -0.05) is 24.3 Å². The van der Waals surface area contributed by atoms with Gasteiger partial charge in [0.15, 0.2) is 0 Å². The number of hydrogen-bond donors (Lipinski definition) is 0. The molecule has 2 aromatic carbocycles. The molecule has 4 rings (SSSR count). The van der Waals surface area contributed by atoms with E-state index in [2.05, 4.69) is 24.3 Å². The second-order valence-corrected chi connectivity index (χ2v) is 5.58. The summed E-state index contributed by atoms with van der Waals surface area (Å²) >= 11 is 0. The maximum atomic E-state index is 5.64. The SMILES string of the molecule is c1cc(-c2ccc(OC[C@H]3CO3)cc2)ccc1OC[C@@H]1CO1. The molecular weight excluding hydrogens is 280 g/mol. The summed E-state index contributed by atoms with van der Waals surface area (Å²) in [4.78, 5) is 0. The normalized spacial score (nSPS) is 22.2. The molecule has 0 bridgehead atoms. The van der Waals surface area contributed by atoms with Gasteiger partial charge in [-0.05, 0) is 35.4 Å². The maximum absolute atomic E-state index is 5.64. The van der Waals surface area contributed by atoms with Gasteiger partial charge in [-0.25, -0.2) is 0 Å². The summed E-state index contributed by atoms with van der Waals surface area (Å²) in [5.74, 6) is 1.76. The summed E-state index contributed by atoms with van der Waals surface area (Å²) in [6.07, 6.45) is 0.571. The molecule has 22 heavy (non-hydrogen) atoms. The van der Waals surface area contributed by atoms with Gasteiger partial charge in [-0.3, -0.25) is 0 Å². The number of hydrogen-bond acceptors (Lipinski definition) is 4. The zero-order chi connectivity index (χ0) is 14.8. The van der Waals surface area contributed by atoms with Crippen LogP contribution in [-0.4, -0.2) is 38.6 Å². The molecule has 2 atom stereocenters. The van der Waals surface area contributed by atoms with Gasteiger partial charge < -0.3 is 18.9 Å². The van der Waals surface area contributed by atoms with E-state index in [-0.39, 0.29) is 12.2 Å². The molecule has 4 heteroatoms. The fourth-order valence-corrected chi connectivity index (χ4v) is 2.19. The minimum absolute atomic E-state index is 0.285. The molecule has 0 unspecified atom stereocenters. The van der Waals surface area contributed by atoms with Gasteiger partial charge in [0, 0.05) is 0 Å². The Labute approximate surface area is 129 Å². The molecule has 2 saturated heterocycles. The minimum atomic E-state index is 0.285. The monoisotopic (exact) mass is 298 g/mol. The molecule has 2 aliphatic rings. The molecule has 0 amide bonds. The highest BCUT2D eigenvalue weighted by molar-refractivity contribution is 5.64. The fraction of sp³-hybridized carbons (Fsp3) is 0.333. The first-order valence-corrected chi connectivity index (χ1v) is 7.56. The van der Waals surface area contributed by atoms with Gasteiger partial charge in [-0.2, -0.15) is 0 Å². The lowest BCUT2D eigenvalue weighted by Gasteiger charge is -2.08. The van der Waals surface area contributed by atoms with Crippen LogP contribution in [0.25, 0.3) is 11.1 Å². The predicted molar refractivity (Wildman–Crippen MR) is 82.3 cm³/mol. The molecule has 0 saturated carbocycles. The first-order chi connectivity index (χ1) is 10.9. The van der Waals surface area contributed by atoms with Crippen LogP contribution in [0.1, 0.15) is 0 Å². The third-order valence-corrected chi connectivity index (χ3v) is 3.72. The summed E-state index contributed by atoms with van der Waals surface area (Å²) in [7, 11) is 0. The molecule has 0 aromatic heterocycles. The third kappa shape index (κ3) is 3.59. The molecule has 4 nitrogen and oxygen atoms in total. The van der Waals surface area contributed by atoms with Crippen LogP contribution >= 0.6 is 0 Å². The Kier molecular flexibility index (Phi) is 3.70. The first kappa shape index (κ1) is 13.6. The van der Waals surface area contributed by atoms with Crippen LogP contribution in [0.5, 0.6) is 11.5 Å². The van der Waals surface area contributed by atoms with E-state index in [9.17, 15) is 0 Å². The van der Waals surface area contributed by atoms with Crippen molar-refractivity contribution in [2.75, 3.05) is 26.4 Å². The summed E-state index contributed by atoms with van der Waals surface area (Å²) in [5, 5.41) is 0. The Hall–Kier alpha value is -2.04. The predicted octanol–water partition coefficient (Wildman–Crippen LogP) is 2.91. The van der Waals surface area contributed by atoms with E-state index in [0.29, 0.717) is 13.2 Å². The van der Waals surface area contributed by atoms with Gasteiger partial charge in [0.25, 0.3) is 0 Å². The van der Waals surface area contributed by atoms with Crippen molar-refractivity contribution in [2.45, 2.75) is 12.2 Å². The molecule has 2 aromatic rings. The number of epoxide rings is 2. The van der Waals surface area contributed by atoms with Crippen molar-refractivity contribution in [3.8, 4) is 22.6 Å². The molecule has 2 heterocycles. The summed E-state index contributed by atoms with van der Waals surface area (Å²) < 4.78 is 21.5. The van der Waals surface area contributed by atoms with Crippen LogP contribution in [0.3, 0.4) is 0 Å². The van der Waals surface area contributed by atoms with E-state index >= 15 is 0 Å². The van der Waals surface area contributed by atoms with Crippen LogP contribution in [0, 0.1) is 0 Å². The average Bonchev–Trinajstić information content (AvgIpc) is 3.47. The van der Waals surface area contributed by atoms with Crippen molar-refractivity contribution in [1.29, 1.82) is 0 Å². The largest absolute Gasteiger partial charge is 0.491 e. The second-order valence-electron chi connectivity index (χ2n) is 5.58. The van der Waals surface area contributed by atoms with Gasteiger partial charge >= 0.3 is 0 Å². The molecule has 0 radical (unpaired) electrons. The second kappa shape index (κ2) is 5.99. The standard InChI is InChI=1S/C18H18O4/c1-5-15(19-9-17-11-21-17)6-2-13(1)14-3-7-16(8-4-14)20-10-18-12-22-18/h1-8,17-18H,9-12H2/t17-,18+. The zero-order valence-corrected chi connectivity index (χ0v) is 12.2. The first-order valence-electron chi connectivity index (χ1n) is 7.56. The van der Waals surface area contributed by atoms with Crippen molar-refractivity contribution in [1.82, 2.24) is 0 Å². The summed E-state index contributed by atoms with van der Waals surface area (Å²) in [6.45, 7) is 2.91. The van der Waals surface area contributed by atoms with E-state index < -0.39 is 0 Å². The van der Waals surface area contributed by atoms with E-state index in [1.807, 2.05) is 24.3 Å². The molecule has 0 N–H and O–H groups in total. The van der Waals surface area contributed by atoms with Gasteiger partial charge in [0.05, 0.1) is 13.2 Å². The Morgan fingerprint density at radius 3 is 1.36 bits per heavy atom.